The van der Waals surface area contributed by atoms with Crippen LogP contribution in [0, 0.1) is 5.92 Å². The van der Waals surface area contributed by atoms with Gasteiger partial charge in [0.2, 0.25) is 5.91 Å². The number of hydrogen-bond acceptors (Lipinski definition) is 2. The van der Waals surface area contributed by atoms with Crippen molar-refractivity contribution in [2.75, 3.05) is 7.05 Å². The quantitative estimate of drug-likeness (QED) is 0.888. The molecule has 1 aromatic carbocycles. The molecule has 2 rings (SSSR count). The van der Waals surface area contributed by atoms with E-state index in [1.165, 1.54) is 5.56 Å². The van der Waals surface area contributed by atoms with Crippen LogP contribution in [-0.4, -0.2) is 23.9 Å². The van der Waals surface area contributed by atoms with E-state index in [1.807, 2.05) is 11.9 Å². The van der Waals surface area contributed by atoms with Gasteiger partial charge in [0.25, 0.3) is 0 Å². The Hall–Kier alpha value is -1.35. The van der Waals surface area contributed by atoms with E-state index in [0.29, 0.717) is 5.92 Å². The Morgan fingerprint density at radius 1 is 1.28 bits per heavy atom. The van der Waals surface area contributed by atoms with Crippen LogP contribution in [0.2, 0.25) is 0 Å². The van der Waals surface area contributed by atoms with Crippen molar-refractivity contribution in [2.24, 2.45) is 5.92 Å². The lowest BCUT2D eigenvalue weighted by Gasteiger charge is -2.20. The number of aryl methyl sites for hydroxylation is 1. The molecule has 1 N–H and O–H groups in total. The summed E-state index contributed by atoms with van der Waals surface area (Å²) in [7, 11) is 1.87. The predicted octanol–water partition coefficient (Wildman–Crippen LogP) is 2.33. The van der Waals surface area contributed by atoms with Crippen molar-refractivity contribution in [3.8, 4) is 0 Å². The molecule has 0 bridgehead atoms. The average molecular weight is 246 g/mol. The second-order valence-electron chi connectivity index (χ2n) is 5.34. The Morgan fingerprint density at radius 2 is 1.89 bits per heavy atom. The summed E-state index contributed by atoms with van der Waals surface area (Å²) in [6.45, 7) is 6.30. The third kappa shape index (κ3) is 2.27. The van der Waals surface area contributed by atoms with Crippen LogP contribution in [-0.2, 0) is 11.2 Å². The number of hydrogen-bond donors (Lipinski definition) is 1. The van der Waals surface area contributed by atoms with Crippen molar-refractivity contribution in [1.82, 2.24) is 10.2 Å². The largest absolute Gasteiger partial charge is 0.325 e. The zero-order valence-electron chi connectivity index (χ0n) is 11.6. The zero-order valence-corrected chi connectivity index (χ0v) is 11.6. The molecule has 3 heteroatoms. The van der Waals surface area contributed by atoms with Crippen LogP contribution in [0.4, 0.5) is 0 Å². The Morgan fingerprint density at radius 3 is 2.33 bits per heavy atom. The first-order valence-corrected chi connectivity index (χ1v) is 6.66. The molecule has 2 unspecified atom stereocenters. The van der Waals surface area contributed by atoms with Gasteiger partial charge in [-0.25, -0.2) is 0 Å². The highest BCUT2D eigenvalue weighted by molar-refractivity contribution is 5.84. The molecule has 0 aliphatic carbocycles. The van der Waals surface area contributed by atoms with E-state index in [2.05, 4.69) is 50.4 Å². The summed E-state index contributed by atoms with van der Waals surface area (Å²) in [5, 5.41) is 3.42. The fourth-order valence-electron chi connectivity index (χ4n) is 2.43. The van der Waals surface area contributed by atoms with Gasteiger partial charge in [-0.3, -0.25) is 10.1 Å². The monoisotopic (exact) mass is 246 g/mol. The second kappa shape index (κ2) is 5.11. The molecule has 1 saturated heterocycles. The SMILES string of the molecule is CCc1ccc(C2NC(C(C)C)C(=O)N2C)cc1. The Bertz CT molecular complexity index is 425. The van der Waals surface area contributed by atoms with E-state index >= 15 is 0 Å². The van der Waals surface area contributed by atoms with Gasteiger partial charge in [-0.2, -0.15) is 0 Å². The first-order chi connectivity index (χ1) is 8.54. The predicted molar refractivity (Wildman–Crippen MR) is 73.1 cm³/mol. The van der Waals surface area contributed by atoms with Crippen molar-refractivity contribution in [3.05, 3.63) is 35.4 Å². The highest BCUT2D eigenvalue weighted by Crippen LogP contribution is 2.26. The van der Waals surface area contributed by atoms with Crippen molar-refractivity contribution >= 4 is 5.91 Å². The third-order valence-corrected chi connectivity index (χ3v) is 3.71. The number of carbonyl (C=O) groups is 1. The lowest BCUT2D eigenvalue weighted by molar-refractivity contribution is -0.129. The maximum Gasteiger partial charge on any atom is 0.241 e. The molecule has 98 valence electrons. The van der Waals surface area contributed by atoms with Crippen LogP contribution in [0.5, 0.6) is 0 Å². The number of nitrogens with zero attached hydrogens (tertiary/aromatic N) is 1. The number of amides is 1. The molecule has 18 heavy (non-hydrogen) atoms. The van der Waals surface area contributed by atoms with Crippen molar-refractivity contribution in [3.63, 3.8) is 0 Å². The van der Waals surface area contributed by atoms with Gasteiger partial charge in [0.1, 0.15) is 6.17 Å². The summed E-state index contributed by atoms with van der Waals surface area (Å²) in [5.74, 6) is 0.509. The number of likely N-dealkylation sites (N-methyl/N-ethyl adjacent to an activating group) is 1. The van der Waals surface area contributed by atoms with Gasteiger partial charge in [0, 0.05) is 7.05 Å². The van der Waals surface area contributed by atoms with Crippen LogP contribution in [0.1, 0.15) is 38.1 Å². The van der Waals surface area contributed by atoms with Crippen LogP contribution in [0.25, 0.3) is 0 Å². The van der Waals surface area contributed by atoms with Crippen LogP contribution >= 0.6 is 0 Å². The normalized spacial score (nSPS) is 24.1. The number of carbonyl (C=O) groups excluding carboxylic acids is 1. The molecule has 1 aliphatic rings. The standard InChI is InChI=1S/C15H22N2O/c1-5-11-6-8-12(9-7-11)14-16-13(10(2)3)15(18)17(14)4/h6-10,13-14,16H,5H2,1-4H3. The third-order valence-electron chi connectivity index (χ3n) is 3.71. The van der Waals surface area contributed by atoms with E-state index in [9.17, 15) is 4.79 Å². The molecule has 1 heterocycles. The topological polar surface area (TPSA) is 32.3 Å². The lowest BCUT2D eigenvalue weighted by Crippen LogP contribution is -2.33. The summed E-state index contributed by atoms with van der Waals surface area (Å²) < 4.78 is 0. The molecule has 0 spiro atoms. The summed E-state index contributed by atoms with van der Waals surface area (Å²) in [4.78, 5) is 13.9. The van der Waals surface area contributed by atoms with E-state index in [0.717, 1.165) is 12.0 Å². The van der Waals surface area contributed by atoms with Gasteiger partial charge in [0.15, 0.2) is 0 Å². The molecule has 0 aromatic heterocycles. The molecule has 1 aromatic rings. The molecule has 1 amide bonds. The molecule has 1 fully saturated rings. The van der Waals surface area contributed by atoms with Crippen LogP contribution in [0.15, 0.2) is 24.3 Å². The van der Waals surface area contributed by atoms with E-state index in [1.54, 1.807) is 0 Å². The molecular formula is C15H22N2O. The van der Waals surface area contributed by atoms with Gasteiger partial charge in [-0.05, 0) is 23.5 Å². The first-order valence-electron chi connectivity index (χ1n) is 6.66. The first kappa shape index (κ1) is 13.1. The summed E-state index contributed by atoms with van der Waals surface area (Å²) in [5.41, 5.74) is 2.48. The number of rotatable bonds is 3. The molecular weight excluding hydrogens is 224 g/mol. The summed E-state index contributed by atoms with van der Waals surface area (Å²) in [6, 6.07) is 8.44. The molecule has 2 atom stereocenters. The average Bonchev–Trinajstić information content (AvgIpc) is 2.67. The van der Waals surface area contributed by atoms with Crippen molar-refractivity contribution in [1.29, 1.82) is 0 Å². The lowest BCUT2D eigenvalue weighted by atomic mass is 10.0. The summed E-state index contributed by atoms with van der Waals surface area (Å²) in [6.07, 6.45) is 1.05. The van der Waals surface area contributed by atoms with Crippen molar-refractivity contribution < 1.29 is 4.79 Å². The zero-order chi connectivity index (χ0) is 13.3. The second-order valence-corrected chi connectivity index (χ2v) is 5.34. The van der Waals surface area contributed by atoms with Crippen molar-refractivity contribution in [2.45, 2.75) is 39.4 Å². The maximum absolute atomic E-state index is 12.1. The van der Waals surface area contributed by atoms with E-state index in [-0.39, 0.29) is 18.1 Å². The van der Waals surface area contributed by atoms with Gasteiger partial charge in [-0.1, -0.05) is 45.0 Å². The fourth-order valence-corrected chi connectivity index (χ4v) is 2.43. The Kier molecular flexibility index (Phi) is 3.71. The molecule has 0 radical (unpaired) electrons. The molecule has 3 nitrogen and oxygen atoms in total. The van der Waals surface area contributed by atoms with E-state index < -0.39 is 0 Å². The minimum absolute atomic E-state index is 0.0100. The smallest absolute Gasteiger partial charge is 0.241 e. The van der Waals surface area contributed by atoms with Gasteiger partial charge < -0.3 is 4.90 Å². The maximum atomic E-state index is 12.1. The Balaban J connectivity index is 2.20. The number of benzene rings is 1. The van der Waals surface area contributed by atoms with Crippen LogP contribution < -0.4 is 5.32 Å². The van der Waals surface area contributed by atoms with E-state index in [4.69, 9.17) is 0 Å². The minimum Gasteiger partial charge on any atom is -0.325 e. The molecule has 1 aliphatic heterocycles. The highest BCUT2D eigenvalue weighted by atomic mass is 16.2. The molecule has 0 saturated carbocycles. The summed E-state index contributed by atoms with van der Waals surface area (Å²) >= 11 is 0. The van der Waals surface area contributed by atoms with Gasteiger partial charge >= 0.3 is 0 Å². The fraction of sp³-hybridized carbons (Fsp3) is 0.533. The minimum atomic E-state index is -0.0640. The number of nitrogens with one attached hydrogen (secondary N) is 1. The van der Waals surface area contributed by atoms with Gasteiger partial charge in [-0.15, -0.1) is 0 Å². The highest BCUT2D eigenvalue weighted by Gasteiger charge is 2.38. The Labute approximate surface area is 109 Å². The van der Waals surface area contributed by atoms with Crippen LogP contribution in [0.3, 0.4) is 0 Å². The van der Waals surface area contributed by atoms with Gasteiger partial charge in [0.05, 0.1) is 6.04 Å².